The largest absolute Gasteiger partial charge is 0.348 e. The predicted octanol–water partition coefficient (Wildman–Crippen LogP) is 6.94. The van der Waals surface area contributed by atoms with Crippen LogP contribution >= 0.6 is 0 Å². The van der Waals surface area contributed by atoms with Gasteiger partial charge in [0.15, 0.2) is 13.1 Å². The van der Waals surface area contributed by atoms with Crippen LogP contribution in [0.4, 0.5) is 0 Å². The molecule has 5 nitrogen and oxygen atoms in total. The van der Waals surface area contributed by atoms with Crippen LogP contribution in [0.3, 0.4) is 0 Å². The van der Waals surface area contributed by atoms with Gasteiger partial charge in [-0.1, -0.05) is 96.8 Å². The van der Waals surface area contributed by atoms with Crippen molar-refractivity contribution in [3.8, 4) is 0 Å². The number of quaternary nitrogens is 1. The number of benzene rings is 2. The van der Waals surface area contributed by atoms with E-state index in [1.165, 1.54) is 42.0 Å². The minimum Gasteiger partial charge on any atom is -0.348 e. The molecule has 2 N–H and O–H groups in total. The van der Waals surface area contributed by atoms with Crippen LogP contribution in [0.1, 0.15) is 85.6 Å². The topological polar surface area (TPSA) is 58.2 Å². The van der Waals surface area contributed by atoms with Gasteiger partial charge in [-0.3, -0.25) is 9.59 Å². The summed E-state index contributed by atoms with van der Waals surface area (Å²) in [6.45, 7) is 14.9. The van der Waals surface area contributed by atoms with Crippen molar-refractivity contribution in [1.29, 1.82) is 0 Å². The van der Waals surface area contributed by atoms with E-state index < -0.39 is 0 Å². The molecule has 0 aromatic heterocycles. The Labute approximate surface area is 249 Å². The molecule has 2 aliphatic carbocycles. The summed E-state index contributed by atoms with van der Waals surface area (Å²) >= 11 is 0. The maximum Gasteiger partial charge on any atom is 0.275 e. The van der Waals surface area contributed by atoms with Crippen molar-refractivity contribution >= 4 is 22.6 Å². The summed E-state index contributed by atoms with van der Waals surface area (Å²) in [5.74, 6) is 3.50. The van der Waals surface area contributed by atoms with Crippen molar-refractivity contribution in [2.45, 2.75) is 98.7 Å². The Morgan fingerprint density at radius 3 is 1.76 bits per heavy atom. The third-order valence-corrected chi connectivity index (χ3v) is 10.2. The van der Waals surface area contributed by atoms with Crippen LogP contribution in [-0.2, 0) is 16.1 Å². The molecule has 41 heavy (non-hydrogen) atoms. The van der Waals surface area contributed by atoms with Gasteiger partial charge in [0.25, 0.3) is 11.8 Å². The van der Waals surface area contributed by atoms with Crippen molar-refractivity contribution in [2.75, 3.05) is 20.1 Å². The monoisotopic (exact) mass is 562 g/mol. The molecule has 2 aromatic rings. The summed E-state index contributed by atoms with van der Waals surface area (Å²) in [5.41, 5.74) is 1.18. The third-order valence-electron chi connectivity index (χ3n) is 10.2. The van der Waals surface area contributed by atoms with Gasteiger partial charge < -0.3 is 15.1 Å². The highest BCUT2D eigenvalue weighted by atomic mass is 16.2. The second-order valence-corrected chi connectivity index (χ2v) is 14.7. The summed E-state index contributed by atoms with van der Waals surface area (Å²) in [6.07, 6.45) is 6.90. The fourth-order valence-corrected chi connectivity index (χ4v) is 7.94. The van der Waals surface area contributed by atoms with Crippen LogP contribution in [0.2, 0.25) is 0 Å². The molecule has 226 valence electrons. The van der Waals surface area contributed by atoms with Crippen LogP contribution in [0.25, 0.3) is 10.8 Å². The average molecular weight is 563 g/mol. The minimum atomic E-state index is 0.0663. The smallest absolute Gasteiger partial charge is 0.275 e. The number of carbonyl (C=O) groups is 2. The SMILES string of the molecule is CC(C)[C@@H]1CC[C@@H](C)C[C@H]1NC(=O)C[N+](C)(CC(=O)N[C@@H]1C[C@H](C)CC[C@H]1C(C)C)Cc1cccc2ccccc12. The van der Waals surface area contributed by atoms with Crippen LogP contribution in [0.5, 0.6) is 0 Å². The Morgan fingerprint density at radius 1 is 0.756 bits per heavy atom. The highest BCUT2D eigenvalue weighted by Gasteiger charge is 2.37. The molecule has 2 amide bonds. The van der Waals surface area contributed by atoms with Crippen LogP contribution in [0.15, 0.2) is 42.5 Å². The number of hydrogen-bond acceptors (Lipinski definition) is 2. The van der Waals surface area contributed by atoms with E-state index >= 15 is 0 Å². The normalized spacial score (nSPS) is 27.2. The molecular formula is C36H56N3O2+. The fraction of sp³-hybridized carbons (Fsp3) is 0.667. The maximum absolute atomic E-state index is 13.8. The first kappa shape index (κ1) is 31.5. The van der Waals surface area contributed by atoms with E-state index in [1.807, 2.05) is 0 Å². The van der Waals surface area contributed by atoms with E-state index in [2.05, 4.69) is 102 Å². The van der Waals surface area contributed by atoms with Gasteiger partial charge in [-0.15, -0.1) is 0 Å². The molecule has 0 radical (unpaired) electrons. The third kappa shape index (κ3) is 8.34. The molecule has 5 heteroatoms. The molecule has 2 aromatic carbocycles. The van der Waals surface area contributed by atoms with Gasteiger partial charge in [0.2, 0.25) is 0 Å². The number of carbonyl (C=O) groups excluding carboxylic acids is 2. The van der Waals surface area contributed by atoms with E-state index in [0.717, 1.165) is 12.8 Å². The number of amides is 2. The number of likely N-dealkylation sites (N-methyl/N-ethyl adjacent to an activating group) is 1. The molecule has 6 atom stereocenters. The van der Waals surface area contributed by atoms with Gasteiger partial charge >= 0.3 is 0 Å². The highest BCUT2D eigenvalue weighted by molar-refractivity contribution is 5.85. The molecule has 0 unspecified atom stereocenters. The lowest BCUT2D eigenvalue weighted by Crippen LogP contribution is -2.58. The first-order chi connectivity index (χ1) is 19.4. The van der Waals surface area contributed by atoms with Crippen LogP contribution in [-0.4, -0.2) is 48.5 Å². The van der Waals surface area contributed by atoms with E-state index in [9.17, 15) is 9.59 Å². The summed E-state index contributed by atoms with van der Waals surface area (Å²) < 4.78 is 0.356. The van der Waals surface area contributed by atoms with Gasteiger partial charge in [-0.25, -0.2) is 0 Å². The van der Waals surface area contributed by atoms with E-state index in [4.69, 9.17) is 0 Å². The Balaban J connectivity index is 1.55. The first-order valence-electron chi connectivity index (χ1n) is 16.3. The fourth-order valence-electron chi connectivity index (χ4n) is 7.94. The Bertz CT molecular complexity index is 1120. The Morgan fingerprint density at radius 2 is 1.24 bits per heavy atom. The first-order valence-corrected chi connectivity index (χ1v) is 16.3. The van der Waals surface area contributed by atoms with Crippen molar-refractivity contribution in [2.24, 2.45) is 35.5 Å². The predicted molar refractivity (Wildman–Crippen MR) is 170 cm³/mol. The number of nitrogens with zero attached hydrogens (tertiary/aromatic N) is 1. The summed E-state index contributed by atoms with van der Waals surface area (Å²) in [6, 6.07) is 15.2. The summed E-state index contributed by atoms with van der Waals surface area (Å²) in [7, 11) is 2.09. The maximum atomic E-state index is 13.8. The van der Waals surface area contributed by atoms with Gasteiger partial charge in [0.1, 0.15) is 6.54 Å². The van der Waals surface area contributed by atoms with Crippen molar-refractivity contribution in [1.82, 2.24) is 10.6 Å². The van der Waals surface area contributed by atoms with Crippen molar-refractivity contribution < 1.29 is 14.1 Å². The summed E-state index contributed by atoms with van der Waals surface area (Å²) in [5, 5.41) is 9.30. The van der Waals surface area contributed by atoms with Crippen molar-refractivity contribution in [3.63, 3.8) is 0 Å². The van der Waals surface area contributed by atoms with Crippen LogP contribution in [0, 0.1) is 35.5 Å². The van der Waals surface area contributed by atoms with Gasteiger partial charge in [-0.2, -0.15) is 0 Å². The molecule has 4 rings (SSSR count). The van der Waals surface area contributed by atoms with Crippen LogP contribution < -0.4 is 10.6 Å². The number of nitrogens with one attached hydrogen (secondary N) is 2. The van der Waals surface area contributed by atoms with Gasteiger partial charge in [-0.05, 0) is 72.0 Å². The number of hydrogen-bond donors (Lipinski definition) is 2. The lowest BCUT2D eigenvalue weighted by Gasteiger charge is -2.40. The second-order valence-electron chi connectivity index (χ2n) is 14.7. The average Bonchev–Trinajstić information content (AvgIpc) is 2.88. The minimum absolute atomic E-state index is 0.0663. The zero-order chi connectivity index (χ0) is 29.7. The zero-order valence-corrected chi connectivity index (χ0v) is 26.8. The lowest BCUT2D eigenvalue weighted by molar-refractivity contribution is -0.907. The molecule has 2 fully saturated rings. The quantitative estimate of drug-likeness (QED) is 0.308. The van der Waals surface area contributed by atoms with Gasteiger partial charge in [0.05, 0.1) is 7.05 Å². The molecule has 0 bridgehead atoms. The van der Waals surface area contributed by atoms with Crippen molar-refractivity contribution in [3.05, 3.63) is 48.0 Å². The van der Waals surface area contributed by atoms with E-state index in [1.54, 1.807) is 0 Å². The lowest BCUT2D eigenvalue weighted by atomic mass is 9.74. The number of rotatable bonds is 10. The van der Waals surface area contributed by atoms with Gasteiger partial charge in [0, 0.05) is 17.6 Å². The molecule has 2 aliphatic rings. The highest BCUT2D eigenvalue weighted by Crippen LogP contribution is 2.35. The Kier molecular flexibility index (Phi) is 10.5. The molecule has 0 heterocycles. The molecule has 0 spiro atoms. The zero-order valence-electron chi connectivity index (χ0n) is 26.8. The standard InChI is InChI=1S/C36H55N3O2/c1-24(2)30-17-15-26(5)19-33(30)37-35(40)22-39(7,21-29-13-10-12-28-11-8-9-14-32(28)29)23-36(41)38-34-20-27(6)16-18-31(34)25(3)4/h8-14,24-27,30-31,33-34H,15-23H2,1-7H3,(H-,37,38,40,41)/p+1/t26-,27-,30+,31+,33-,34-/m1/s1. The number of fused-ring (bicyclic) bond motifs is 1. The summed E-state index contributed by atoms with van der Waals surface area (Å²) in [4.78, 5) is 27.5. The molecule has 0 saturated heterocycles. The van der Waals surface area contributed by atoms with E-state index in [0.29, 0.717) is 59.6 Å². The molecular weight excluding hydrogens is 506 g/mol. The Hall–Kier alpha value is -2.40. The molecule has 2 saturated carbocycles. The van der Waals surface area contributed by atoms with E-state index in [-0.39, 0.29) is 23.9 Å². The molecule has 0 aliphatic heterocycles. The second kappa shape index (κ2) is 13.7.